The summed E-state index contributed by atoms with van der Waals surface area (Å²) in [4.78, 5) is 37.1. The van der Waals surface area contributed by atoms with Crippen molar-refractivity contribution in [1.29, 1.82) is 0 Å². The van der Waals surface area contributed by atoms with Gasteiger partial charge in [0, 0.05) is 24.1 Å². The Kier molecular flexibility index (Phi) is 5.94. The Morgan fingerprint density at radius 2 is 1.62 bits per heavy atom. The van der Waals surface area contributed by atoms with Crippen LogP contribution in [0.2, 0.25) is 0 Å². The molecule has 3 N–H and O–H groups in total. The number of amides is 3. The normalized spacial score (nSPS) is 16.4. The van der Waals surface area contributed by atoms with E-state index in [1.54, 1.807) is 12.1 Å². The molecule has 0 aliphatic heterocycles. The Morgan fingerprint density at radius 1 is 0.897 bits per heavy atom. The van der Waals surface area contributed by atoms with Gasteiger partial charge in [-0.05, 0) is 55.5 Å². The first-order valence-electron chi connectivity index (χ1n) is 10.2. The van der Waals surface area contributed by atoms with Crippen LogP contribution >= 0.6 is 11.3 Å². The van der Waals surface area contributed by atoms with Gasteiger partial charge in [0.05, 0.1) is 9.88 Å². The first-order valence-corrected chi connectivity index (χ1v) is 11.0. The third-order valence-electron chi connectivity index (χ3n) is 5.40. The van der Waals surface area contributed by atoms with Crippen molar-refractivity contribution in [1.82, 2.24) is 5.32 Å². The monoisotopic (exact) mass is 411 g/mol. The molecule has 7 heteroatoms. The summed E-state index contributed by atoms with van der Waals surface area (Å²) < 4.78 is 0. The number of anilines is 2. The van der Waals surface area contributed by atoms with Gasteiger partial charge in [-0.1, -0.05) is 25.0 Å². The Labute approximate surface area is 174 Å². The number of carbonyl (C=O) groups excluding carboxylic acids is 3. The molecule has 0 radical (unpaired) electrons. The van der Waals surface area contributed by atoms with E-state index in [1.807, 2.05) is 24.3 Å². The molecule has 0 bridgehead atoms. The average molecular weight is 412 g/mol. The highest BCUT2D eigenvalue weighted by molar-refractivity contribution is 7.18. The highest BCUT2D eigenvalue weighted by Gasteiger charge is 2.30. The van der Waals surface area contributed by atoms with Gasteiger partial charge in [-0.25, -0.2) is 0 Å². The standard InChI is InChI=1S/C22H25N3O3S/c26-20(15-5-1-2-6-15)24-17-7-3-4-14(12-17)13-23-22(28)18-10-11-19(29-18)25-21(27)16-8-9-16/h3-4,7,10-12,15-16H,1-2,5-6,8-9,13H2,(H,23,28)(H,24,26)(H,25,27). The fourth-order valence-electron chi connectivity index (χ4n) is 3.56. The molecule has 6 nitrogen and oxygen atoms in total. The quantitative estimate of drug-likeness (QED) is 0.639. The minimum Gasteiger partial charge on any atom is -0.347 e. The number of nitrogens with one attached hydrogen (secondary N) is 3. The van der Waals surface area contributed by atoms with Crippen LogP contribution in [0.3, 0.4) is 0 Å². The van der Waals surface area contributed by atoms with Crippen LogP contribution in [0.1, 0.15) is 53.8 Å². The topological polar surface area (TPSA) is 87.3 Å². The van der Waals surface area contributed by atoms with E-state index in [2.05, 4.69) is 16.0 Å². The van der Waals surface area contributed by atoms with Gasteiger partial charge in [0.1, 0.15) is 0 Å². The molecule has 1 aromatic heterocycles. The lowest BCUT2D eigenvalue weighted by Crippen LogP contribution is -2.22. The van der Waals surface area contributed by atoms with Gasteiger partial charge in [-0.2, -0.15) is 0 Å². The summed E-state index contributed by atoms with van der Waals surface area (Å²) in [5.74, 6) is 0.197. The van der Waals surface area contributed by atoms with E-state index in [0.29, 0.717) is 16.4 Å². The van der Waals surface area contributed by atoms with Crippen LogP contribution in [0.15, 0.2) is 36.4 Å². The summed E-state index contributed by atoms with van der Waals surface area (Å²) >= 11 is 1.27. The third-order valence-corrected chi connectivity index (χ3v) is 6.40. The lowest BCUT2D eigenvalue weighted by atomic mass is 10.1. The molecule has 2 aliphatic rings. The van der Waals surface area contributed by atoms with Crippen molar-refractivity contribution >= 4 is 39.7 Å². The molecule has 0 saturated heterocycles. The van der Waals surface area contributed by atoms with E-state index in [9.17, 15) is 14.4 Å². The van der Waals surface area contributed by atoms with Crippen molar-refractivity contribution < 1.29 is 14.4 Å². The molecule has 0 spiro atoms. The van der Waals surface area contributed by atoms with Gasteiger partial charge in [-0.3, -0.25) is 14.4 Å². The molecule has 4 rings (SSSR count). The maximum absolute atomic E-state index is 12.4. The highest BCUT2D eigenvalue weighted by Crippen LogP contribution is 2.31. The van der Waals surface area contributed by atoms with Gasteiger partial charge in [0.15, 0.2) is 0 Å². The van der Waals surface area contributed by atoms with Crippen LogP contribution in [0.4, 0.5) is 10.7 Å². The Hall–Kier alpha value is -2.67. The van der Waals surface area contributed by atoms with E-state index in [-0.39, 0.29) is 29.6 Å². The molecule has 152 valence electrons. The number of hydrogen-bond donors (Lipinski definition) is 3. The molecule has 1 aromatic carbocycles. The van der Waals surface area contributed by atoms with Gasteiger partial charge in [0.25, 0.3) is 5.91 Å². The van der Waals surface area contributed by atoms with Gasteiger partial charge < -0.3 is 16.0 Å². The second-order valence-corrected chi connectivity index (χ2v) is 8.86. The van der Waals surface area contributed by atoms with E-state index in [4.69, 9.17) is 0 Å². The summed E-state index contributed by atoms with van der Waals surface area (Å²) in [6.45, 7) is 0.369. The molecule has 2 aromatic rings. The molecule has 3 amide bonds. The van der Waals surface area contributed by atoms with Gasteiger partial charge in [-0.15, -0.1) is 11.3 Å². The smallest absolute Gasteiger partial charge is 0.261 e. The zero-order valence-electron chi connectivity index (χ0n) is 16.2. The van der Waals surface area contributed by atoms with Crippen molar-refractivity contribution in [3.05, 3.63) is 46.8 Å². The van der Waals surface area contributed by atoms with Crippen LogP contribution in [0, 0.1) is 11.8 Å². The molecule has 29 heavy (non-hydrogen) atoms. The van der Waals surface area contributed by atoms with E-state index in [0.717, 1.165) is 49.8 Å². The van der Waals surface area contributed by atoms with E-state index < -0.39 is 0 Å². The van der Waals surface area contributed by atoms with Crippen molar-refractivity contribution in [2.75, 3.05) is 10.6 Å². The lowest BCUT2D eigenvalue weighted by Gasteiger charge is -2.11. The average Bonchev–Trinajstić information content (AvgIpc) is 3.22. The zero-order chi connectivity index (χ0) is 20.2. The summed E-state index contributed by atoms with van der Waals surface area (Å²) in [5, 5.41) is 9.45. The van der Waals surface area contributed by atoms with Crippen LogP contribution < -0.4 is 16.0 Å². The largest absolute Gasteiger partial charge is 0.347 e. The highest BCUT2D eigenvalue weighted by atomic mass is 32.1. The Balaban J connectivity index is 1.29. The van der Waals surface area contributed by atoms with Crippen LogP contribution in [-0.2, 0) is 16.1 Å². The predicted octanol–water partition coefficient (Wildman–Crippen LogP) is 4.16. The van der Waals surface area contributed by atoms with Gasteiger partial charge >= 0.3 is 0 Å². The minimum absolute atomic E-state index is 0.0373. The fourth-order valence-corrected chi connectivity index (χ4v) is 4.38. The Bertz CT molecular complexity index is 914. The van der Waals surface area contributed by atoms with E-state index in [1.165, 1.54) is 11.3 Å². The SMILES string of the molecule is O=C(NCc1cccc(NC(=O)C2CCCC2)c1)c1ccc(NC(=O)C2CC2)s1. The van der Waals surface area contributed by atoms with Crippen LogP contribution in [-0.4, -0.2) is 17.7 Å². The number of carbonyl (C=O) groups is 3. The third kappa shape index (κ3) is 5.23. The second kappa shape index (κ2) is 8.78. The van der Waals surface area contributed by atoms with Crippen molar-refractivity contribution in [3.8, 4) is 0 Å². The molecular weight excluding hydrogens is 386 g/mol. The molecule has 2 fully saturated rings. The second-order valence-electron chi connectivity index (χ2n) is 7.78. The first-order chi connectivity index (χ1) is 14.1. The summed E-state index contributed by atoms with van der Waals surface area (Å²) in [7, 11) is 0. The summed E-state index contributed by atoms with van der Waals surface area (Å²) in [5.41, 5.74) is 1.68. The number of hydrogen-bond acceptors (Lipinski definition) is 4. The predicted molar refractivity (Wildman–Crippen MR) is 114 cm³/mol. The molecule has 0 atom stereocenters. The van der Waals surface area contributed by atoms with Crippen LogP contribution in [0.5, 0.6) is 0 Å². The molecule has 2 aliphatic carbocycles. The zero-order valence-corrected chi connectivity index (χ0v) is 17.0. The summed E-state index contributed by atoms with van der Waals surface area (Å²) in [6, 6.07) is 11.0. The van der Waals surface area contributed by atoms with Crippen LogP contribution in [0.25, 0.3) is 0 Å². The number of thiophene rings is 1. The van der Waals surface area contributed by atoms with Crippen molar-refractivity contribution in [2.45, 2.75) is 45.1 Å². The first kappa shape index (κ1) is 19.6. The summed E-state index contributed by atoms with van der Waals surface area (Å²) in [6.07, 6.45) is 6.07. The van der Waals surface area contributed by atoms with Crippen molar-refractivity contribution in [3.63, 3.8) is 0 Å². The molecular formula is C22H25N3O3S. The fraction of sp³-hybridized carbons (Fsp3) is 0.409. The number of rotatable bonds is 7. The van der Waals surface area contributed by atoms with Gasteiger partial charge in [0.2, 0.25) is 11.8 Å². The molecule has 0 unspecified atom stereocenters. The molecule has 1 heterocycles. The molecule has 2 saturated carbocycles. The lowest BCUT2D eigenvalue weighted by molar-refractivity contribution is -0.119. The maximum atomic E-state index is 12.4. The maximum Gasteiger partial charge on any atom is 0.261 e. The minimum atomic E-state index is -0.178. The number of benzene rings is 1. The Morgan fingerprint density at radius 3 is 2.38 bits per heavy atom. The van der Waals surface area contributed by atoms with E-state index >= 15 is 0 Å². The van der Waals surface area contributed by atoms with Crippen molar-refractivity contribution in [2.24, 2.45) is 11.8 Å².